The summed E-state index contributed by atoms with van der Waals surface area (Å²) in [5.74, 6) is 1.12. The molecule has 0 fully saturated rings. The van der Waals surface area contributed by atoms with Gasteiger partial charge in [-0.2, -0.15) is 0 Å². The second-order valence-electron chi connectivity index (χ2n) is 6.36. The van der Waals surface area contributed by atoms with Gasteiger partial charge in [0.15, 0.2) is 11.5 Å². The van der Waals surface area contributed by atoms with Gasteiger partial charge in [0.2, 0.25) is 6.41 Å². The van der Waals surface area contributed by atoms with Crippen LogP contribution in [-0.4, -0.2) is 43.3 Å². The number of Topliss-reactive ketones (excluding diaryl/α,β-unsaturated/α-hetero) is 1. The zero-order valence-electron chi connectivity index (χ0n) is 14.2. The summed E-state index contributed by atoms with van der Waals surface area (Å²) in [5, 5.41) is 0. The van der Waals surface area contributed by atoms with Gasteiger partial charge in [0.05, 0.1) is 13.2 Å². The molecule has 0 spiro atoms. The highest BCUT2D eigenvalue weighted by atomic mass is 16.5. The molecule has 132 valence electrons. The Kier molecular flexibility index (Phi) is 5.16. The van der Waals surface area contributed by atoms with E-state index in [4.69, 9.17) is 9.47 Å². The Bertz CT molecular complexity index is 725. The number of ketones is 1. The summed E-state index contributed by atoms with van der Waals surface area (Å²) in [6.45, 7) is 1.00. The van der Waals surface area contributed by atoms with E-state index in [2.05, 4.69) is 0 Å². The minimum Gasteiger partial charge on any atom is -0.493 e. The predicted molar refractivity (Wildman–Crippen MR) is 90.4 cm³/mol. The topological polar surface area (TPSA) is 72.9 Å². The number of ether oxygens (including phenoxy) is 2. The fourth-order valence-electron chi connectivity index (χ4n) is 3.74. The number of hydrogen-bond donors (Lipinski definition) is 0. The lowest BCUT2D eigenvalue weighted by atomic mass is 9.80. The Balaban J connectivity index is 1.89. The van der Waals surface area contributed by atoms with Gasteiger partial charge in [0.1, 0.15) is 5.78 Å². The molecule has 1 aliphatic heterocycles. The molecule has 0 aromatic heterocycles. The summed E-state index contributed by atoms with van der Waals surface area (Å²) in [5.41, 5.74) is 3.35. The summed E-state index contributed by atoms with van der Waals surface area (Å²) >= 11 is 0. The van der Waals surface area contributed by atoms with E-state index in [-0.39, 0.29) is 11.8 Å². The molecule has 6 nitrogen and oxygen atoms in total. The largest absolute Gasteiger partial charge is 0.493 e. The minimum atomic E-state index is -0.0492. The molecule has 1 heterocycles. The van der Waals surface area contributed by atoms with Crippen molar-refractivity contribution in [1.82, 2.24) is 4.90 Å². The average molecular weight is 343 g/mol. The molecular formula is C19H21NO5. The normalized spacial score (nSPS) is 20.1. The van der Waals surface area contributed by atoms with Gasteiger partial charge in [-0.1, -0.05) is 11.6 Å². The number of hydrogen-bond acceptors (Lipinski definition) is 5. The SMILES string of the molecule is COc1ccc(CC2C3=C(CCN2C=O)CC(=O)CC3)cc1OC=O. The lowest BCUT2D eigenvalue weighted by molar-refractivity contribution is -0.121. The number of carbonyl (C=O) groups excluding carboxylic acids is 3. The van der Waals surface area contributed by atoms with Crippen LogP contribution >= 0.6 is 0 Å². The van der Waals surface area contributed by atoms with Gasteiger partial charge in [-0.3, -0.25) is 14.4 Å². The monoisotopic (exact) mass is 343 g/mol. The third kappa shape index (κ3) is 3.57. The first-order valence-electron chi connectivity index (χ1n) is 8.37. The molecule has 0 bridgehead atoms. The summed E-state index contributed by atoms with van der Waals surface area (Å²) in [6, 6.07) is 5.37. The number of nitrogens with zero attached hydrogens (tertiary/aromatic N) is 1. The highest BCUT2D eigenvalue weighted by Gasteiger charge is 2.32. The zero-order chi connectivity index (χ0) is 17.8. The van der Waals surface area contributed by atoms with E-state index in [1.807, 2.05) is 6.07 Å². The van der Waals surface area contributed by atoms with Crippen LogP contribution in [0.1, 0.15) is 31.2 Å². The lowest BCUT2D eigenvalue weighted by Gasteiger charge is -2.38. The van der Waals surface area contributed by atoms with Crippen molar-refractivity contribution >= 4 is 18.7 Å². The lowest BCUT2D eigenvalue weighted by Crippen LogP contribution is -2.43. The van der Waals surface area contributed by atoms with Gasteiger partial charge in [0.25, 0.3) is 6.47 Å². The van der Waals surface area contributed by atoms with Crippen LogP contribution in [-0.2, 0) is 20.8 Å². The summed E-state index contributed by atoms with van der Waals surface area (Å²) < 4.78 is 10.2. The van der Waals surface area contributed by atoms with Crippen molar-refractivity contribution in [3.05, 3.63) is 34.9 Å². The van der Waals surface area contributed by atoms with Gasteiger partial charge >= 0.3 is 0 Å². The van der Waals surface area contributed by atoms with Crippen LogP contribution in [0.25, 0.3) is 0 Å². The maximum atomic E-state index is 11.7. The molecule has 1 aromatic rings. The Morgan fingerprint density at radius 2 is 2.04 bits per heavy atom. The molecule has 1 amide bonds. The molecule has 6 heteroatoms. The van der Waals surface area contributed by atoms with Crippen LogP contribution in [0, 0.1) is 0 Å². The molecule has 2 aliphatic rings. The first-order chi connectivity index (χ1) is 12.2. The van der Waals surface area contributed by atoms with Crippen LogP contribution in [0.2, 0.25) is 0 Å². The summed E-state index contributed by atoms with van der Waals surface area (Å²) in [6.07, 6.45) is 4.06. The zero-order valence-corrected chi connectivity index (χ0v) is 14.2. The van der Waals surface area contributed by atoms with Crippen molar-refractivity contribution < 1.29 is 23.9 Å². The van der Waals surface area contributed by atoms with Crippen LogP contribution in [0.4, 0.5) is 0 Å². The maximum Gasteiger partial charge on any atom is 0.298 e. The molecule has 0 radical (unpaired) electrons. The molecular weight excluding hydrogens is 322 g/mol. The first-order valence-corrected chi connectivity index (χ1v) is 8.37. The average Bonchev–Trinajstić information content (AvgIpc) is 2.62. The van der Waals surface area contributed by atoms with Gasteiger partial charge in [-0.05, 0) is 42.5 Å². The number of amides is 1. The first kappa shape index (κ1) is 17.2. The van der Waals surface area contributed by atoms with Gasteiger partial charge in [-0.25, -0.2) is 0 Å². The molecule has 3 rings (SSSR count). The molecule has 0 saturated heterocycles. The minimum absolute atomic E-state index is 0.0492. The fraction of sp³-hybridized carbons (Fsp3) is 0.421. The summed E-state index contributed by atoms with van der Waals surface area (Å²) in [7, 11) is 1.51. The third-order valence-electron chi connectivity index (χ3n) is 4.98. The molecule has 1 aliphatic carbocycles. The fourth-order valence-corrected chi connectivity index (χ4v) is 3.74. The molecule has 1 aromatic carbocycles. The quantitative estimate of drug-likeness (QED) is 0.584. The Morgan fingerprint density at radius 3 is 2.76 bits per heavy atom. The van der Waals surface area contributed by atoms with Gasteiger partial charge < -0.3 is 14.4 Å². The van der Waals surface area contributed by atoms with Crippen molar-refractivity contribution in [2.24, 2.45) is 0 Å². The number of benzene rings is 1. The standard InChI is InChI=1S/C19H21NO5/c1-24-18-5-2-13(9-19(18)25-12-22)8-17-16-4-3-15(23)10-14(16)6-7-20(17)11-21/h2,5,9,11-12,17H,3-4,6-8,10H2,1H3. The Morgan fingerprint density at radius 1 is 1.20 bits per heavy atom. The number of rotatable bonds is 6. The van der Waals surface area contributed by atoms with E-state index in [9.17, 15) is 14.4 Å². The van der Waals surface area contributed by atoms with Crippen LogP contribution in [0.15, 0.2) is 29.3 Å². The van der Waals surface area contributed by atoms with Crippen LogP contribution < -0.4 is 9.47 Å². The van der Waals surface area contributed by atoms with Crippen molar-refractivity contribution in [2.75, 3.05) is 13.7 Å². The molecule has 0 saturated carbocycles. The number of methoxy groups -OCH3 is 1. The molecule has 1 atom stereocenters. The van der Waals surface area contributed by atoms with E-state index >= 15 is 0 Å². The highest BCUT2D eigenvalue weighted by Crippen LogP contribution is 2.36. The molecule has 0 N–H and O–H groups in total. The van der Waals surface area contributed by atoms with Crippen molar-refractivity contribution in [2.45, 2.75) is 38.1 Å². The smallest absolute Gasteiger partial charge is 0.298 e. The van der Waals surface area contributed by atoms with E-state index in [0.717, 1.165) is 24.8 Å². The van der Waals surface area contributed by atoms with Crippen molar-refractivity contribution in [3.63, 3.8) is 0 Å². The second kappa shape index (κ2) is 7.51. The molecule has 1 unspecified atom stereocenters. The van der Waals surface area contributed by atoms with E-state index < -0.39 is 0 Å². The van der Waals surface area contributed by atoms with Crippen molar-refractivity contribution in [3.8, 4) is 11.5 Å². The number of carbonyl (C=O) groups is 3. The van der Waals surface area contributed by atoms with Crippen LogP contribution in [0.3, 0.4) is 0 Å². The Labute approximate surface area is 146 Å². The van der Waals surface area contributed by atoms with E-state index in [1.54, 1.807) is 17.0 Å². The predicted octanol–water partition coefficient (Wildman–Crippen LogP) is 2.05. The third-order valence-corrected chi connectivity index (χ3v) is 4.98. The molecule has 25 heavy (non-hydrogen) atoms. The van der Waals surface area contributed by atoms with Crippen molar-refractivity contribution in [1.29, 1.82) is 0 Å². The Hall–Kier alpha value is -2.63. The van der Waals surface area contributed by atoms with Crippen LogP contribution in [0.5, 0.6) is 11.5 Å². The summed E-state index contributed by atoms with van der Waals surface area (Å²) in [4.78, 5) is 35.7. The van der Waals surface area contributed by atoms with E-state index in [1.165, 1.54) is 18.3 Å². The van der Waals surface area contributed by atoms with E-state index in [0.29, 0.717) is 43.8 Å². The second-order valence-corrected chi connectivity index (χ2v) is 6.36. The highest BCUT2D eigenvalue weighted by molar-refractivity contribution is 5.83. The van der Waals surface area contributed by atoms with Gasteiger partial charge in [0, 0.05) is 19.4 Å². The maximum absolute atomic E-state index is 11.7. The van der Waals surface area contributed by atoms with Gasteiger partial charge in [-0.15, -0.1) is 0 Å².